The second-order valence-corrected chi connectivity index (χ2v) is 13.0. The van der Waals surface area contributed by atoms with E-state index in [9.17, 15) is 0 Å². The Morgan fingerprint density at radius 1 is 0.640 bits per heavy atom. The van der Waals surface area contributed by atoms with Crippen molar-refractivity contribution >= 4 is 39.2 Å². The molecule has 0 aliphatic heterocycles. The largest absolute Gasteiger partial charge is 0.0784 e. The highest BCUT2D eigenvalue weighted by Gasteiger charge is 2.23. The maximum absolute atomic E-state index is 3.92. The number of benzene rings is 3. The normalized spacial score (nSPS) is 12.6. The van der Waals surface area contributed by atoms with Crippen molar-refractivity contribution in [1.82, 2.24) is 0 Å². The Labute approximate surface area is 160 Å². The third-order valence-corrected chi connectivity index (χ3v) is 7.22. The van der Waals surface area contributed by atoms with E-state index in [1.54, 1.807) is 0 Å². The van der Waals surface area contributed by atoms with Crippen LogP contribution >= 0.6 is 15.9 Å². The molecule has 0 aliphatic carbocycles. The van der Waals surface area contributed by atoms with Crippen LogP contribution in [0, 0.1) is 0 Å². The Bertz CT molecular complexity index is 875. The van der Waals surface area contributed by atoms with Crippen LogP contribution in [-0.4, -0.2) is 8.07 Å². The van der Waals surface area contributed by atoms with E-state index in [1.165, 1.54) is 27.5 Å². The Morgan fingerprint density at radius 2 is 1.12 bits per heavy atom. The molecule has 0 amide bonds. The minimum absolute atomic E-state index is 1.14. The molecule has 0 nitrogen and oxygen atoms in total. The highest BCUT2D eigenvalue weighted by Crippen LogP contribution is 2.36. The van der Waals surface area contributed by atoms with Crippen LogP contribution in [0.1, 0.15) is 16.7 Å². The summed E-state index contributed by atoms with van der Waals surface area (Å²) in [5, 5.41) is 1.49. The van der Waals surface area contributed by atoms with Gasteiger partial charge < -0.3 is 0 Å². The lowest BCUT2D eigenvalue weighted by Crippen LogP contribution is -2.39. The van der Waals surface area contributed by atoms with Crippen molar-refractivity contribution in [3.8, 4) is 0 Å². The van der Waals surface area contributed by atoms with E-state index >= 15 is 0 Å². The van der Waals surface area contributed by atoms with Gasteiger partial charge in [-0.15, -0.1) is 0 Å². The van der Waals surface area contributed by atoms with Gasteiger partial charge in [0.15, 0.2) is 0 Å². The molecule has 3 aromatic carbocycles. The summed E-state index contributed by atoms with van der Waals surface area (Å²) < 4.78 is 1.14. The molecule has 3 aromatic rings. The van der Waals surface area contributed by atoms with Crippen LogP contribution < -0.4 is 5.19 Å². The van der Waals surface area contributed by atoms with E-state index in [-0.39, 0.29) is 0 Å². The van der Waals surface area contributed by atoms with Crippen LogP contribution in [0.2, 0.25) is 19.6 Å². The molecular weight excluding hydrogens is 384 g/mol. The molecule has 0 heterocycles. The third kappa shape index (κ3) is 4.02. The first kappa shape index (κ1) is 17.9. The average Bonchev–Trinajstić information content (AvgIpc) is 2.63. The molecule has 126 valence electrons. The summed E-state index contributed by atoms with van der Waals surface area (Å²) in [4.78, 5) is 0. The van der Waals surface area contributed by atoms with Crippen molar-refractivity contribution in [2.45, 2.75) is 19.6 Å². The fraction of sp³-hybridized carbons (Fsp3) is 0.130. The SMILES string of the molecule is C[Si](C)(C)c1ccccc1/C(=C(\Br)c1ccccc1)c1ccccc1. The van der Waals surface area contributed by atoms with Crippen molar-refractivity contribution < 1.29 is 0 Å². The minimum Gasteiger partial charge on any atom is -0.0656 e. The van der Waals surface area contributed by atoms with E-state index in [4.69, 9.17) is 0 Å². The second kappa shape index (κ2) is 7.55. The van der Waals surface area contributed by atoms with Gasteiger partial charge >= 0.3 is 0 Å². The third-order valence-electron chi connectivity index (χ3n) is 4.31. The first-order chi connectivity index (χ1) is 12.0. The zero-order valence-corrected chi connectivity index (χ0v) is 17.5. The Hall–Kier alpha value is -1.90. The Kier molecular flexibility index (Phi) is 5.41. The van der Waals surface area contributed by atoms with Gasteiger partial charge in [0, 0.05) is 10.1 Å². The summed E-state index contributed by atoms with van der Waals surface area (Å²) in [6.45, 7) is 7.22. The van der Waals surface area contributed by atoms with E-state index in [0.717, 1.165) is 4.48 Å². The number of hydrogen-bond donors (Lipinski definition) is 0. The second-order valence-electron chi connectivity index (χ2n) is 7.22. The average molecular weight is 407 g/mol. The molecule has 0 aromatic heterocycles. The van der Waals surface area contributed by atoms with E-state index in [1.807, 2.05) is 0 Å². The van der Waals surface area contributed by atoms with Gasteiger partial charge in [0.2, 0.25) is 0 Å². The van der Waals surface area contributed by atoms with Crippen LogP contribution in [-0.2, 0) is 0 Å². The molecule has 25 heavy (non-hydrogen) atoms. The van der Waals surface area contributed by atoms with Gasteiger partial charge in [0.25, 0.3) is 0 Å². The molecule has 0 saturated carbocycles. The molecule has 0 N–H and O–H groups in total. The molecule has 0 unspecified atom stereocenters. The molecule has 0 atom stereocenters. The van der Waals surface area contributed by atoms with Gasteiger partial charge in [-0.1, -0.05) is 110 Å². The Morgan fingerprint density at radius 3 is 1.68 bits per heavy atom. The van der Waals surface area contributed by atoms with Crippen LogP contribution in [0.4, 0.5) is 0 Å². The lowest BCUT2D eigenvalue weighted by atomic mass is 9.95. The fourth-order valence-corrected chi connectivity index (χ4v) is 5.41. The van der Waals surface area contributed by atoms with Crippen LogP contribution in [0.5, 0.6) is 0 Å². The maximum Gasteiger partial charge on any atom is 0.0784 e. The summed E-state index contributed by atoms with van der Waals surface area (Å²) >= 11 is 3.92. The van der Waals surface area contributed by atoms with Gasteiger partial charge in [0.1, 0.15) is 0 Å². The van der Waals surface area contributed by atoms with Crippen molar-refractivity contribution in [2.24, 2.45) is 0 Å². The molecule has 2 heteroatoms. The standard InChI is InChI=1S/C23H23BrSi/c1-25(2,3)21-17-11-10-16-20(21)22(18-12-6-4-7-13-18)23(24)19-14-8-5-9-15-19/h4-17H,1-3H3/b23-22-. The predicted molar refractivity (Wildman–Crippen MR) is 117 cm³/mol. The van der Waals surface area contributed by atoms with Gasteiger partial charge in [-0.25, -0.2) is 0 Å². The fourth-order valence-electron chi connectivity index (χ4n) is 3.09. The molecule has 0 fully saturated rings. The summed E-state index contributed by atoms with van der Waals surface area (Å²) in [7, 11) is -1.48. The molecule has 0 radical (unpaired) electrons. The van der Waals surface area contributed by atoms with Gasteiger partial charge in [-0.3, -0.25) is 0 Å². The van der Waals surface area contributed by atoms with Crippen LogP contribution in [0.3, 0.4) is 0 Å². The van der Waals surface area contributed by atoms with Crippen molar-refractivity contribution in [3.05, 3.63) is 102 Å². The van der Waals surface area contributed by atoms with Gasteiger partial charge in [-0.05, 0) is 32.6 Å². The number of hydrogen-bond acceptors (Lipinski definition) is 0. The monoisotopic (exact) mass is 406 g/mol. The van der Waals surface area contributed by atoms with Crippen molar-refractivity contribution in [1.29, 1.82) is 0 Å². The van der Waals surface area contributed by atoms with Crippen LogP contribution in [0.25, 0.3) is 10.1 Å². The van der Waals surface area contributed by atoms with Crippen molar-refractivity contribution in [2.75, 3.05) is 0 Å². The quantitative estimate of drug-likeness (QED) is 0.340. The first-order valence-corrected chi connectivity index (χ1v) is 12.9. The molecule has 0 bridgehead atoms. The van der Waals surface area contributed by atoms with E-state index < -0.39 is 8.07 Å². The van der Waals surface area contributed by atoms with E-state index in [0.29, 0.717) is 0 Å². The number of halogens is 1. The van der Waals surface area contributed by atoms with Crippen molar-refractivity contribution in [3.63, 3.8) is 0 Å². The van der Waals surface area contributed by atoms with E-state index in [2.05, 4.69) is 121 Å². The molecular formula is C23H23BrSi. The lowest BCUT2D eigenvalue weighted by Gasteiger charge is -2.24. The highest BCUT2D eigenvalue weighted by molar-refractivity contribution is 9.15. The van der Waals surface area contributed by atoms with Gasteiger partial charge in [0.05, 0.1) is 8.07 Å². The maximum atomic E-state index is 3.92. The summed E-state index contributed by atoms with van der Waals surface area (Å²) in [5.41, 5.74) is 5.05. The zero-order valence-electron chi connectivity index (χ0n) is 15.0. The first-order valence-electron chi connectivity index (χ1n) is 8.59. The predicted octanol–water partition coefficient (Wildman–Crippen LogP) is 6.54. The minimum atomic E-state index is -1.48. The summed E-state index contributed by atoms with van der Waals surface area (Å²) in [5.74, 6) is 0. The summed E-state index contributed by atoms with van der Waals surface area (Å²) in [6.07, 6.45) is 0. The molecule has 3 rings (SSSR count). The lowest BCUT2D eigenvalue weighted by molar-refractivity contribution is 1.55. The highest BCUT2D eigenvalue weighted by atomic mass is 79.9. The smallest absolute Gasteiger partial charge is 0.0656 e. The Balaban J connectivity index is 2.32. The summed E-state index contributed by atoms with van der Waals surface area (Å²) in [6, 6.07) is 30.1. The van der Waals surface area contributed by atoms with Crippen LogP contribution in [0.15, 0.2) is 84.9 Å². The number of rotatable bonds is 4. The molecule has 0 saturated heterocycles. The topological polar surface area (TPSA) is 0 Å². The molecule has 0 spiro atoms. The zero-order chi connectivity index (χ0) is 17.9. The van der Waals surface area contributed by atoms with Gasteiger partial charge in [-0.2, -0.15) is 0 Å². The molecule has 0 aliphatic rings.